The van der Waals surface area contributed by atoms with E-state index in [1.54, 1.807) is 11.9 Å². The second-order valence-electron chi connectivity index (χ2n) is 11.2. The van der Waals surface area contributed by atoms with Gasteiger partial charge in [0, 0.05) is 32.2 Å². The standard InChI is InChI=1S/C27H47N5O4/c1-20(2)24(30(3)25(34)17-28-19-33)18-31-15-9-14-23(31)27(36)32-16-10-13-22(32)26(35)29-21-11-7-5-4-6-8-12-21/h19-24H,4-18H2,1-3H3,(H,28,33)(H,29,35)/t22?,23-,24+/m0/s1. The fourth-order valence-electron chi connectivity index (χ4n) is 6.18. The fourth-order valence-corrected chi connectivity index (χ4v) is 6.18. The van der Waals surface area contributed by atoms with E-state index < -0.39 is 0 Å². The van der Waals surface area contributed by atoms with Crippen LogP contribution in [0.3, 0.4) is 0 Å². The summed E-state index contributed by atoms with van der Waals surface area (Å²) < 4.78 is 0. The molecule has 1 saturated carbocycles. The highest BCUT2D eigenvalue weighted by Gasteiger charge is 2.42. The Morgan fingerprint density at radius 2 is 1.56 bits per heavy atom. The third-order valence-electron chi connectivity index (χ3n) is 8.36. The second-order valence-corrected chi connectivity index (χ2v) is 11.2. The van der Waals surface area contributed by atoms with Gasteiger partial charge in [0.15, 0.2) is 0 Å². The van der Waals surface area contributed by atoms with Crippen molar-refractivity contribution in [2.75, 3.05) is 33.2 Å². The Morgan fingerprint density at radius 1 is 0.917 bits per heavy atom. The average Bonchev–Trinajstić information content (AvgIpc) is 3.51. The van der Waals surface area contributed by atoms with Crippen LogP contribution in [0.15, 0.2) is 0 Å². The Kier molecular flexibility index (Phi) is 11.0. The Hall–Kier alpha value is -2.16. The molecule has 36 heavy (non-hydrogen) atoms. The number of nitrogens with zero attached hydrogens (tertiary/aromatic N) is 3. The maximum atomic E-state index is 13.7. The van der Waals surface area contributed by atoms with Gasteiger partial charge in [0.1, 0.15) is 6.04 Å². The SMILES string of the molecule is CC(C)[C@@H](CN1CCC[C@H]1C(=O)N1CCCC1C(=O)NC1CCCCCCC1)N(C)C(=O)CNC=O. The normalized spacial score (nSPS) is 24.7. The molecule has 9 nitrogen and oxygen atoms in total. The summed E-state index contributed by atoms with van der Waals surface area (Å²) in [5, 5.41) is 5.73. The smallest absolute Gasteiger partial charge is 0.243 e. The number of amides is 4. The molecule has 0 aromatic carbocycles. The lowest BCUT2D eigenvalue weighted by molar-refractivity contribution is -0.142. The molecule has 0 radical (unpaired) electrons. The van der Waals surface area contributed by atoms with Crippen LogP contribution in [0.1, 0.15) is 84.5 Å². The molecule has 3 atom stereocenters. The Bertz CT molecular complexity index is 752. The average molecular weight is 506 g/mol. The summed E-state index contributed by atoms with van der Waals surface area (Å²) in [6.45, 7) is 6.16. The third kappa shape index (κ3) is 7.43. The first-order valence-corrected chi connectivity index (χ1v) is 14.1. The maximum Gasteiger partial charge on any atom is 0.243 e. The highest BCUT2D eigenvalue weighted by atomic mass is 16.2. The lowest BCUT2D eigenvalue weighted by Crippen LogP contribution is -2.55. The predicted molar refractivity (Wildman–Crippen MR) is 139 cm³/mol. The molecule has 2 heterocycles. The van der Waals surface area contributed by atoms with Gasteiger partial charge in [0.25, 0.3) is 0 Å². The number of carbonyl (C=O) groups is 4. The molecule has 2 aliphatic heterocycles. The van der Waals surface area contributed by atoms with Gasteiger partial charge in [0.05, 0.1) is 12.6 Å². The minimum Gasteiger partial charge on any atom is -0.352 e. The largest absolute Gasteiger partial charge is 0.352 e. The van der Waals surface area contributed by atoms with E-state index in [0.717, 1.165) is 57.9 Å². The zero-order valence-electron chi connectivity index (χ0n) is 22.5. The lowest BCUT2D eigenvalue weighted by atomic mass is 9.96. The van der Waals surface area contributed by atoms with Crippen LogP contribution in [-0.4, -0.2) is 96.2 Å². The van der Waals surface area contributed by atoms with E-state index in [2.05, 4.69) is 29.4 Å². The molecule has 3 aliphatic rings. The van der Waals surface area contributed by atoms with E-state index in [9.17, 15) is 19.2 Å². The first kappa shape index (κ1) is 28.4. The zero-order valence-corrected chi connectivity index (χ0v) is 22.5. The summed E-state index contributed by atoms with van der Waals surface area (Å²) >= 11 is 0. The maximum absolute atomic E-state index is 13.7. The first-order chi connectivity index (χ1) is 17.3. The monoisotopic (exact) mass is 505 g/mol. The van der Waals surface area contributed by atoms with Gasteiger partial charge >= 0.3 is 0 Å². The molecule has 1 aliphatic carbocycles. The number of likely N-dealkylation sites (N-methyl/N-ethyl adjacent to an activating group) is 1. The summed E-state index contributed by atoms with van der Waals surface area (Å²) in [6.07, 6.45) is 12.0. The van der Waals surface area contributed by atoms with E-state index in [4.69, 9.17) is 0 Å². The summed E-state index contributed by atoms with van der Waals surface area (Å²) in [5.41, 5.74) is 0. The van der Waals surface area contributed by atoms with E-state index in [1.165, 1.54) is 19.3 Å². The number of rotatable bonds is 10. The van der Waals surface area contributed by atoms with Gasteiger partial charge in [-0.15, -0.1) is 0 Å². The molecule has 204 valence electrons. The van der Waals surface area contributed by atoms with Gasteiger partial charge in [-0.2, -0.15) is 0 Å². The second kappa shape index (κ2) is 14.0. The number of hydrogen-bond acceptors (Lipinski definition) is 5. The van der Waals surface area contributed by atoms with Gasteiger partial charge < -0.3 is 20.4 Å². The molecular weight excluding hydrogens is 458 g/mol. The topological polar surface area (TPSA) is 102 Å². The zero-order chi connectivity index (χ0) is 26.1. The summed E-state index contributed by atoms with van der Waals surface area (Å²) in [5.74, 6) is 0.125. The van der Waals surface area contributed by atoms with Crippen LogP contribution in [-0.2, 0) is 19.2 Å². The molecule has 3 rings (SSSR count). The molecule has 2 N–H and O–H groups in total. The van der Waals surface area contributed by atoms with Crippen LogP contribution in [0.2, 0.25) is 0 Å². The highest BCUT2D eigenvalue weighted by Crippen LogP contribution is 2.27. The number of nitrogens with one attached hydrogen (secondary N) is 2. The highest BCUT2D eigenvalue weighted by molar-refractivity contribution is 5.90. The predicted octanol–water partition coefficient (Wildman–Crippen LogP) is 1.90. The van der Waals surface area contributed by atoms with E-state index in [-0.39, 0.29) is 54.4 Å². The molecule has 3 fully saturated rings. The van der Waals surface area contributed by atoms with Gasteiger partial charge in [0.2, 0.25) is 24.1 Å². The van der Waals surface area contributed by atoms with Crippen LogP contribution in [0.5, 0.6) is 0 Å². The van der Waals surface area contributed by atoms with Crippen molar-refractivity contribution in [1.82, 2.24) is 25.3 Å². The molecular formula is C27H47N5O4. The van der Waals surface area contributed by atoms with Gasteiger partial charge in [-0.25, -0.2) is 0 Å². The Labute approximate surface area is 216 Å². The van der Waals surface area contributed by atoms with E-state index >= 15 is 0 Å². The fraction of sp³-hybridized carbons (Fsp3) is 0.852. The van der Waals surface area contributed by atoms with Crippen molar-refractivity contribution < 1.29 is 19.2 Å². The molecule has 9 heteroatoms. The van der Waals surface area contributed by atoms with Crippen molar-refractivity contribution in [3.63, 3.8) is 0 Å². The van der Waals surface area contributed by atoms with Crippen molar-refractivity contribution in [2.45, 2.75) is 109 Å². The molecule has 2 saturated heterocycles. The lowest BCUT2D eigenvalue weighted by Gasteiger charge is -2.37. The molecule has 0 spiro atoms. The quantitative estimate of drug-likeness (QED) is 0.442. The summed E-state index contributed by atoms with van der Waals surface area (Å²) in [4.78, 5) is 55.9. The summed E-state index contributed by atoms with van der Waals surface area (Å²) in [7, 11) is 1.77. The third-order valence-corrected chi connectivity index (χ3v) is 8.36. The van der Waals surface area contributed by atoms with Crippen LogP contribution in [0.4, 0.5) is 0 Å². The minimum absolute atomic E-state index is 0.0176. The minimum atomic E-state index is -0.370. The Balaban J connectivity index is 1.62. The van der Waals surface area contributed by atoms with E-state index in [0.29, 0.717) is 19.5 Å². The first-order valence-electron chi connectivity index (χ1n) is 14.1. The van der Waals surface area contributed by atoms with E-state index in [1.807, 2.05) is 4.90 Å². The Morgan fingerprint density at radius 3 is 2.22 bits per heavy atom. The van der Waals surface area contributed by atoms with Crippen LogP contribution >= 0.6 is 0 Å². The van der Waals surface area contributed by atoms with Crippen molar-refractivity contribution in [1.29, 1.82) is 0 Å². The molecule has 0 aromatic rings. The van der Waals surface area contributed by atoms with Gasteiger partial charge in [-0.1, -0.05) is 46.0 Å². The van der Waals surface area contributed by atoms with Crippen molar-refractivity contribution in [3.05, 3.63) is 0 Å². The summed E-state index contributed by atoms with van der Waals surface area (Å²) in [6, 6.07) is -0.467. The van der Waals surface area contributed by atoms with Crippen LogP contribution < -0.4 is 10.6 Å². The van der Waals surface area contributed by atoms with Crippen molar-refractivity contribution in [3.8, 4) is 0 Å². The van der Waals surface area contributed by atoms with Crippen molar-refractivity contribution in [2.24, 2.45) is 5.92 Å². The molecule has 1 unspecified atom stereocenters. The number of likely N-dealkylation sites (tertiary alicyclic amines) is 2. The molecule has 4 amide bonds. The number of hydrogen-bond donors (Lipinski definition) is 2. The number of carbonyl (C=O) groups excluding carboxylic acids is 4. The molecule has 0 bridgehead atoms. The van der Waals surface area contributed by atoms with Crippen LogP contribution in [0, 0.1) is 5.92 Å². The molecule has 0 aromatic heterocycles. The van der Waals surface area contributed by atoms with Crippen LogP contribution in [0.25, 0.3) is 0 Å². The van der Waals surface area contributed by atoms with Gasteiger partial charge in [-0.05, 0) is 51.0 Å². The van der Waals surface area contributed by atoms with Gasteiger partial charge in [-0.3, -0.25) is 24.1 Å². The van der Waals surface area contributed by atoms with Crippen molar-refractivity contribution >= 4 is 24.1 Å².